The Kier molecular flexibility index (Phi) is 2.87. The van der Waals surface area contributed by atoms with Crippen LogP contribution >= 0.6 is 0 Å². The van der Waals surface area contributed by atoms with E-state index in [0.29, 0.717) is 0 Å². The van der Waals surface area contributed by atoms with Gasteiger partial charge in [-0.05, 0) is 30.7 Å². The summed E-state index contributed by atoms with van der Waals surface area (Å²) in [5.41, 5.74) is 3.83. The van der Waals surface area contributed by atoms with Crippen LogP contribution in [-0.2, 0) is 4.84 Å². The highest BCUT2D eigenvalue weighted by atomic mass is 16.7. The number of methoxy groups -OCH3 is 1. The molecular weight excluding hydrogens is 192 g/mol. The molecule has 0 spiro atoms. The van der Waals surface area contributed by atoms with Crippen LogP contribution in [0.5, 0.6) is 5.75 Å². The summed E-state index contributed by atoms with van der Waals surface area (Å²) < 4.78 is 5.08. The predicted molar refractivity (Wildman–Crippen MR) is 57.8 cm³/mol. The molecule has 80 valence electrons. The Morgan fingerprint density at radius 3 is 2.67 bits per heavy atom. The molecule has 0 fully saturated rings. The van der Waals surface area contributed by atoms with Gasteiger partial charge in [0.25, 0.3) is 0 Å². The minimum atomic E-state index is -0.0675. The fraction of sp³-hybridized carbons (Fsp3) is 0.364. The van der Waals surface area contributed by atoms with E-state index in [1.807, 2.05) is 31.2 Å². The molecule has 0 amide bonds. The largest absolute Gasteiger partial charge is 0.497 e. The van der Waals surface area contributed by atoms with E-state index in [2.05, 4.69) is 10.5 Å². The first-order valence-corrected chi connectivity index (χ1v) is 4.97. The summed E-state index contributed by atoms with van der Waals surface area (Å²) in [6, 6.07) is 7.70. The molecule has 1 aromatic rings. The minimum absolute atomic E-state index is 0.0675. The normalized spacial score (nSPS) is 19.6. The lowest BCUT2D eigenvalue weighted by Crippen LogP contribution is -2.18. The summed E-state index contributed by atoms with van der Waals surface area (Å²) >= 11 is 0. The second-order valence-electron chi connectivity index (χ2n) is 3.29. The van der Waals surface area contributed by atoms with Crippen LogP contribution in [0.3, 0.4) is 0 Å². The third-order valence-corrected chi connectivity index (χ3v) is 2.28. The number of rotatable bonds is 3. The van der Waals surface area contributed by atoms with Gasteiger partial charge in [-0.15, -0.1) is 0 Å². The van der Waals surface area contributed by atoms with Crippen LogP contribution in [0.2, 0.25) is 0 Å². The van der Waals surface area contributed by atoms with Gasteiger partial charge in [0, 0.05) is 5.56 Å². The van der Waals surface area contributed by atoms with E-state index in [4.69, 9.17) is 9.57 Å². The zero-order chi connectivity index (χ0) is 10.7. The number of benzene rings is 1. The molecular formula is C11H14N2O2. The van der Waals surface area contributed by atoms with Crippen LogP contribution in [0.1, 0.15) is 18.9 Å². The second-order valence-corrected chi connectivity index (χ2v) is 3.29. The predicted octanol–water partition coefficient (Wildman–Crippen LogP) is 1.71. The quantitative estimate of drug-likeness (QED) is 0.818. The molecule has 1 N–H and O–H groups in total. The average molecular weight is 206 g/mol. The lowest BCUT2D eigenvalue weighted by Gasteiger charge is -2.02. The van der Waals surface area contributed by atoms with Crippen LogP contribution in [0.25, 0.3) is 0 Å². The summed E-state index contributed by atoms with van der Waals surface area (Å²) in [5, 5.41) is 0. The molecule has 4 nitrogen and oxygen atoms in total. The Morgan fingerprint density at radius 1 is 1.40 bits per heavy atom. The highest BCUT2D eigenvalue weighted by Gasteiger charge is 2.16. The summed E-state index contributed by atoms with van der Waals surface area (Å²) in [6.45, 7) is 2.03. The smallest absolute Gasteiger partial charge is 0.177 e. The van der Waals surface area contributed by atoms with Crippen LogP contribution < -0.4 is 10.2 Å². The molecule has 1 aromatic carbocycles. The van der Waals surface area contributed by atoms with Gasteiger partial charge in [-0.25, -0.2) is 15.3 Å². The van der Waals surface area contributed by atoms with Crippen molar-refractivity contribution in [1.29, 1.82) is 0 Å². The highest BCUT2D eigenvalue weighted by Crippen LogP contribution is 2.14. The molecule has 0 saturated carbocycles. The van der Waals surface area contributed by atoms with Gasteiger partial charge >= 0.3 is 0 Å². The Balaban J connectivity index is 2.16. The molecule has 0 saturated heterocycles. The lowest BCUT2D eigenvalue weighted by molar-refractivity contribution is 0.0364. The zero-order valence-electron chi connectivity index (χ0n) is 8.86. The number of aliphatic imine (C=N–C) groups is 1. The maximum atomic E-state index is 5.24. The molecule has 15 heavy (non-hydrogen) atoms. The van der Waals surface area contributed by atoms with Gasteiger partial charge in [0.2, 0.25) is 0 Å². The Bertz CT molecular complexity index is 359. The fourth-order valence-electron chi connectivity index (χ4n) is 1.38. The summed E-state index contributed by atoms with van der Waals surface area (Å²) in [6.07, 6.45) is 0.800. The first kappa shape index (κ1) is 9.98. The monoisotopic (exact) mass is 206 g/mol. The maximum Gasteiger partial charge on any atom is 0.177 e. The summed E-state index contributed by atoms with van der Waals surface area (Å²) in [7, 11) is 1.65. The van der Waals surface area contributed by atoms with Crippen molar-refractivity contribution in [3.05, 3.63) is 29.8 Å². The van der Waals surface area contributed by atoms with Gasteiger partial charge in [-0.1, -0.05) is 6.92 Å². The van der Waals surface area contributed by atoms with Crippen molar-refractivity contribution in [2.75, 3.05) is 7.11 Å². The van der Waals surface area contributed by atoms with Crippen molar-refractivity contribution >= 4 is 5.84 Å². The number of hydrogen-bond acceptors (Lipinski definition) is 4. The van der Waals surface area contributed by atoms with Gasteiger partial charge in [-0.2, -0.15) is 0 Å². The molecule has 2 rings (SSSR count). The molecule has 1 aliphatic rings. The maximum absolute atomic E-state index is 5.24. The van der Waals surface area contributed by atoms with E-state index < -0.39 is 0 Å². The van der Waals surface area contributed by atoms with Crippen LogP contribution in [-0.4, -0.2) is 19.2 Å². The lowest BCUT2D eigenvalue weighted by atomic mass is 10.2. The molecule has 0 bridgehead atoms. The first-order chi connectivity index (χ1) is 7.33. The molecule has 1 unspecified atom stereocenters. The molecule has 4 heteroatoms. The summed E-state index contributed by atoms with van der Waals surface area (Å²) in [4.78, 5) is 9.62. The van der Waals surface area contributed by atoms with Crippen molar-refractivity contribution in [3.8, 4) is 5.75 Å². The van der Waals surface area contributed by atoms with E-state index in [9.17, 15) is 0 Å². The van der Waals surface area contributed by atoms with E-state index in [1.54, 1.807) is 7.11 Å². The van der Waals surface area contributed by atoms with Gasteiger partial charge in [0.1, 0.15) is 5.75 Å². The average Bonchev–Trinajstić information content (AvgIpc) is 2.78. The third kappa shape index (κ3) is 2.10. The van der Waals surface area contributed by atoms with Crippen molar-refractivity contribution < 1.29 is 9.57 Å². The molecule has 0 radical (unpaired) electrons. The van der Waals surface area contributed by atoms with E-state index >= 15 is 0 Å². The minimum Gasteiger partial charge on any atom is -0.497 e. The van der Waals surface area contributed by atoms with E-state index in [0.717, 1.165) is 23.6 Å². The SMILES string of the molecule is CCC1N=C(c2ccc(OC)cc2)NO1. The molecule has 1 heterocycles. The zero-order valence-corrected chi connectivity index (χ0v) is 8.86. The van der Waals surface area contributed by atoms with E-state index in [-0.39, 0.29) is 6.23 Å². The number of nitrogens with one attached hydrogen (secondary N) is 1. The van der Waals surface area contributed by atoms with Crippen LogP contribution in [0, 0.1) is 0 Å². The van der Waals surface area contributed by atoms with Gasteiger partial charge in [0.15, 0.2) is 12.1 Å². The van der Waals surface area contributed by atoms with Crippen LogP contribution in [0.15, 0.2) is 29.3 Å². The van der Waals surface area contributed by atoms with E-state index in [1.165, 1.54) is 0 Å². The number of amidine groups is 1. The topological polar surface area (TPSA) is 42.8 Å². The Morgan fingerprint density at radius 2 is 2.13 bits per heavy atom. The number of hydroxylamine groups is 1. The van der Waals surface area contributed by atoms with Gasteiger partial charge < -0.3 is 4.74 Å². The molecule has 1 atom stereocenters. The standard InChI is InChI=1S/C11H14N2O2/c1-3-10-12-11(13-15-10)8-4-6-9(14-2)7-5-8/h4-7,10H,3H2,1-2H3,(H,12,13). The number of hydrogen-bond donors (Lipinski definition) is 1. The number of nitrogens with zero attached hydrogens (tertiary/aromatic N) is 1. The molecule has 1 aliphatic heterocycles. The van der Waals surface area contributed by atoms with Crippen molar-refractivity contribution in [2.24, 2.45) is 4.99 Å². The highest BCUT2D eigenvalue weighted by molar-refractivity contribution is 5.98. The second kappa shape index (κ2) is 4.31. The van der Waals surface area contributed by atoms with Gasteiger partial charge in [-0.3, -0.25) is 0 Å². The number of ether oxygens (including phenoxy) is 1. The van der Waals surface area contributed by atoms with Crippen molar-refractivity contribution in [1.82, 2.24) is 5.48 Å². The van der Waals surface area contributed by atoms with Crippen LogP contribution in [0.4, 0.5) is 0 Å². The van der Waals surface area contributed by atoms with Gasteiger partial charge in [0.05, 0.1) is 7.11 Å². The van der Waals surface area contributed by atoms with Crippen molar-refractivity contribution in [3.63, 3.8) is 0 Å². The summed E-state index contributed by atoms with van der Waals surface area (Å²) in [5.74, 6) is 1.62. The van der Waals surface area contributed by atoms with Crippen molar-refractivity contribution in [2.45, 2.75) is 19.6 Å². The Labute approximate surface area is 88.9 Å². The first-order valence-electron chi connectivity index (χ1n) is 4.97. The Hall–Kier alpha value is -1.55. The third-order valence-electron chi connectivity index (χ3n) is 2.28. The molecule has 0 aromatic heterocycles. The molecule has 0 aliphatic carbocycles. The fourth-order valence-corrected chi connectivity index (χ4v) is 1.38.